The smallest absolute Gasteiger partial charge is 0.231 e. The molecule has 3 aliphatic rings. The molecule has 9 heteroatoms. The number of nitrogens with one attached hydrogen (secondary N) is 1. The minimum atomic E-state index is -0.326. The Labute approximate surface area is 190 Å². The van der Waals surface area contributed by atoms with Crippen LogP contribution in [0.1, 0.15) is 12.0 Å². The van der Waals surface area contributed by atoms with Crippen molar-refractivity contribution in [3.05, 3.63) is 48.0 Å². The van der Waals surface area contributed by atoms with E-state index in [2.05, 4.69) is 21.2 Å². The molecule has 0 aliphatic carbocycles. The predicted molar refractivity (Wildman–Crippen MR) is 121 cm³/mol. The molecule has 2 saturated heterocycles. The number of aromatic amines is 1. The monoisotopic (exact) mass is 447 g/mol. The summed E-state index contributed by atoms with van der Waals surface area (Å²) in [6.45, 7) is 4.39. The first-order valence-corrected chi connectivity index (χ1v) is 11.3. The number of carbonyl (C=O) groups excluding carboxylic acids is 2. The van der Waals surface area contributed by atoms with Gasteiger partial charge in [0.1, 0.15) is 0 Å². The van der Waals surface area contributed by atoms with Gasteiger partial charge >= 0.3 is 0 Å². The van der Waals surface area contributed by atoms with Gasteiger partial charge in [0.25, 0.3) is 0 Å². The summed E-state index contributed by atoms with van der Waals surface area (Å²) in [5.74, 6) is 1.88. The van der Waals surface area contributed by atoms with E-state index in [9.17, 15) is 9.59 Å². The highest BCUT2D eigenvalue weighted by atomic mass is 16.7. The molecule has 1 aromatic heterocycles. The van der Waals surface area contributed by atoms with E-state index in [1.807, 2.05) is 41.3 Å². The number of amides is 2. The Balaban J connectivity index is 1.06. The van der Waals surface area contributed by atoms with Gasteiger partial charge in [0.15, 0.2) is 17.3 Å². The second kappa shape index (κ2) is 8.08. The normalized spacial score (nSPS) is 20.7. The van der Waals surface area contributed by atoms with E-state index >= 15 is 0 Å². The maximum atomic E-state index is 13.2. The van der Waals surface area contributed by atoms with E-state index in [0.29, 0.717) is 25.5 Å². The minimum absolute atomic E-state index is 0.0490. The number of benzene rings is 2. The minimum Gasteiger partial charge on any atom is -0.454 e. The third-order valence-electron chi connectivity index (χ3n) is 6.71. The Bertz CT molecular complexity index is 1220. The van der Waals surface area contributed by atoms with Crippen LogP contribution < -0.4 is 14.4 Å². The van der Waals surface area contributed by atoms with Crippen LogP contribution in [-0.2, 0) is 16.1 Å². The predicted octanol–water partition coefficient (Wildman–Crippen LogP) is 1.99. The van der Waals surface area contributed by atoms with Gasteiger partial charge in [-0.2, -0.15) is 5.10 Å². The highest BCUT2D eigenvalue weighted by Crippen LogP contribution is 2.33. The Kier molecular flexibility index (Phi) is 4.91. The van der Waals surface area contributed by atoms with Gasteiger partial charge in [-0.1, -0.05) is 18.2 Å². The molecule has 1 atom stereocenters. The van der Waals surface area contributed by atoms with E-state index in [1.54, 1.807) is 4.90 Å². The number of rotatable bonds is 4. The van der Waals surface area contributed by atoms with Crippen LogP contribution in [0.2, 0.25) is 0 Å². The number of hydrogen-bond acceptors (Lipinski definition) is 6. The van der Waals surface area contributed by atoms with Crippen molar-refractivity contribution in [1.82, 2.24) is 20.0 Å². The number of nitrogens with zero attached hydrogens (tertiary/aromatic N) is 4. The lowest BCUT2D eigenvalue weighted by molar-refractivity contribution is -0.137. The zero-order chi connectivity index (χ0) is 22.4. The fourth-order valence-corrected chi connectivity index (χ4v) is 4.91. The largest absolute Gasteiger partial charge is 0.454 e. The molecular weight excluding hydrogens is 422 g/mol. The lowest BCUT2D eigenvalue weighted by atomic mass is 10.1. The summed E-state index contributed by atoms with van der Waals surface area (Å²) < 4.78 is 10.8. The van der Waals surface area contributed by atoms with Crippen molar-refractivity contribution in [3.63, 3.8) is 0 Å². The second-order valence-corrected chi connectivity index (χ2v) is 8.79. The van der Waals surface area contributed by atoms with Crippen molar-refractivity contribution in [2.45, 2.75) is 13.0 Å². The van der Waals surface area contributed by atoms with Gasteiger partial charge in [-0.15, -0.1) is 0 Å². The van der Waals surface area contributed by atoms with E-state index in [4.69, 9.17) is 9.47 Å². The Hall–Kier alpha value is -3.59. The molecule has 9 nitrogen and oxygen atoms in total. The van der Waals surface area contributed by atoms with Crippen LogP contribution in [-0.4, -0.2) is 71.3 Å². The van der Waals surface area contributed by atoms with Crippen molar-refractivity contribution in [2.75, 3.05) is 44.4 Å². The van der Waals surface area contributed by atoms with Gasteiger partial charge in [-0.3, -0.25) is 24.5 Å². The summed E-state index contributed by atoms with van der Waals surface area (Å²) in [6, 6.07) is 13.7. The third kappa shape index (κ3) is 3.68. The molecule has 0 saturated carbocycles. The van der Waals surface area contributed by atoms with Gasteiger partial charge in [-0.25, -0.2) is 0 Å². The molecule has 3 aliphatic heterocycles. The van der Waals surface area contributed by atoms with Crippen LogP contribution in [0.25, 0.3) is 10.9 Å². The number of aromatic nitrogens is 2. The Morgan fingerprint density at radius 1 is 1.06 bits per heavy atom. The molecule has 0 spiro atoms. The maximum Gasteiger partial charge on any atom is 0.231 e. The Morgan fingerprint density at radius 3 is 2.76 bits per heavy atom. The second-order valence-electron chi connectivity index (χ2n) is 8.79. The quantitative estimate of drug-likeness (QED) is 0.658. The van der Waals surface area contributed by atoms with E-state index in [0.717, 1.165) is 42.0 Å². The standard InChI is InChI=1S/C24H25N5O4/c30-22-12-17(14-29(22)23-18-3-1-2-4-19(18)25-26-23)24(31)28-9-7-27(8-10-28)13-16-5-6-20-21(11-16)33-15-32-20/h1-6,11,17H,7-10,12-15H2,(H,25,26). The first-order chi connectivity index (χ1) is 16.2. The highest BCUT2D eigenvalue weighted by molar-refractivity contribution is 6.05. The molecule has 33 heavy (non-hydrogen) atoms. The van der Waals surface area contributed by atoms with Gasteiger partial charge < -0.3 is 14.4 Å². The van der Waals surface area contributed by atoms with Crippen molar-refractivity contribution in [1.29, 1.82) is 0 Å². The number of carbonyl (C=O) groups is 2. The first-order valence-electron chi connectivity index (χ1n) is 11.3. The molecule has 3 aromatic rings. The highest BCUT2D eigenvalue weighted by Gasteiger charge is 2.39. The number of fused-ring (bicyclic) bond motifs is 2. The summed E-state index contributed by atoms with van der Waals surface area (Å²) >= 11 is 0. The maximum absolute atomic E-state index is 13.2. The SMILES string of the molecule is O=C(C1CC(=O)N(c2n[nH]c3ccccc23)C1)N1CCN(Cc2ccc3c(c2)OCO3)CC1. The summed E-state index contributed by atoms with van der Waals surface area (Å²) in [5, 5.41) is 8.21. The van der Waals surface area contributed by atoms with Crippen LogP contribution in [0.4, 0.5) is 5.82 Å². The Morgan fingerprint density at radius 2 is 1.88 bits per heavy atom. The fourth-order valence-electron chi connectivity index (χ4n) is 4.91. The van der Waals surface area contributed by atoms with E-state index in [1.165, 1.54) is 5.56 Å². The van der Waals surface area contributed by atoms with Crippen molar-refractivity contribution >= 4 is 28.5 Å². The van der Waals surface area contributed by atoms with Crippen LogP contribution in [0, 0.1) is 5.92 Å². The molecule has 170 valence electrons. The summed E-state index contributed by atoms with van der Waals surface area (Å²) in [7, 11) is 0. The van der Waals surface area contributed by atoms with Crippen molar-refractivity contribution in [2.24, 2.45) is 5.92 Å². The number of anilines is 1. The van der Waals surface area contributed by atoms with Gasteiger partial charge in [0.2, 0.25) is 18.6 Å². The van der Waals surface area contributed by atoms with E-state index < -0.39 is 0 Å². The average Bonchev–Trinajstić information content (AvgIpc) is 3.57. The van der Waals surface area contributed by atoms with Gasteiger partial charge in [0.05, 0.1) is 11.4 Å². The first kappa shape index (κ1) is 20.0. The number of H-pyrrole nitrogens is 1. The lowest BCUT2D eigenvalue weighted by Crippen LogP contribution is -2.50. The lowest BCUT2D eigenvalue weighted by Gasteiger charge is -2.35. The number of piperazine rings is 1. The fraction of sp³-hybridized carbons (Fsp3) is 0.375. The zero-order valence-electron chi connectivity index (χ0n) is 18.2. The number of para-hydroxylation sites is 1. The van der Waals surface area contributed by atoms with Gasteiger partial charge in [-0.05, 0) is 29.8 Å². The zero-order valence-corrected chi connectivity index (χ0v) is 18.2. The van der Waals surface area contributed by atoms with Crippen LogP contribution in [0.15, 0.2) is 42.5 Å². The van der Waals surface area contributed by atoms with E-state index in [-0.39, 0.29) is 30.9 Å². The van der Waals surface area contributed by atoms with Gasteiger partial charge in [0, 0.05) is 51.1 Å². The summed E-state index contributed by atoms with van der Waals surface area (Å²) in [5.41, 5.74) is 2.05. The average molecular weight is 447 g/mol. The topological polar surface area (TPSA) is 91.0 Å². The molecule has 1 unspecified atom stereocenters. The molecule has 0 bridgehead atoms. The molecular formula is C24H25N5O4. The molecule has 2 aromatic carbocycles. The molecule has 1 N–H and O–H groups in total. The van der Waals surface area contributed by atoms with Crippen molar-refractivity contribution in [3.8, 4) is 11.5 Å². The number of hydrogen-bond donors (Lipinski definition) is 1. The third-order valence-corrected chi connectivity index (χ3v) is 6.71. The molecule has 6 rings (SSSR count). The van der Waals surface area contributed by atoms with Crippen LogP contribution in [0.3, 0.4) is 0 Å². The number of ether oxygens (including phenoxy) is 2. The van der Waals surface area contributed by atoms with Crippen LogP contribution >= 0.6 is 0 Å². The van der Waals surface area contributed by atoms with Crippen LogP contribution in [0.5, 0.6) is 11.5 Å². The summed E-state index contributed by atoms with van der Waals surface area (Å²) in [6.07, 6.45) is 0.234. The molecule has 4 heterocycles. The summed E-state index contributed by atoms with van der Waals surface area (Å²) in [4.78, 5) is 31.8. The molecule has 2 amide bonds. The molecule has 0 radical (unpaired) electrons. The molecule has 2 fully saturated rings. The van der Waals surface area contributed by atoms with Crippen molar-refractivity contribution < 1.29 is 19.1 Å².